The number of carbonyl (C=O) groups excluding carboxylic acids is 1. The molecule has 0 atom stereocenters. The molecule has 2 rings (SSSR count). The predicted octanol–water partition coefficient (Wildman–Crippen LogP) is 2.45. The summed E-state index contributed by atoms with van der Waals surface area (Å²) in [6, 6.07) is 0. The summed E-state index contributed by atoms with van der Waals surface area (Å²) in [5.41, 5.74) is 0.914. The maximum atomic E-state index is 12.0. The summed E-state index contributed by atoms with van der Waals surface area (Å²) in [4.78, 5) is 18.7. The van der Waals surface area contributed by atoms with Gasteiger partial charge in [-0.3, -0.25) is 4.79 Å². The van der Waals surface area contributed by atoms with Crippen molar-refractivity contribution >= 4 is 28.8 Å². The van der Waals surface area contributed by atoms with Gasteiger partial charge < -0.3 is 4.90 Å². The second kappa shape index (κ2) is 3.46. The fraction of sp³-hybridized carbons (Fsp3) is 0.600. The van der Waals surface area contributed by atoms with Crippen LogP contribution in [0.2, 0.25) is 4.47 Å². The van der Waals surface area contributed by atoms with Gasteiger partial charge >= 0.3 is 0 Å². The Morgan fingerprint density at radius 3 is 2.87 bits per heavy atom. The molecule has 0 aromatic carbocycles. The monoisotopic (exact) mass is 244 g/mol. The highest BCUT2D eigenvalue weighted by molar-refractivity contribution is 7.17. The minimum atomic E-state index is 0.0416. The molecule has 0 bridgehead atoms. The minimum Gasteiger partial charge on any atom is -0.340 e. The summed E-state index contributed by atoms with van der Waals surface area (Å²) in [5, 5.41) is 0. The molecule has 0 unspecified atom stereocenters. The van der Waals surface area contributed by atoms with Gasteiger partial charge in [0.1, 0.15) is 4.88 Å². The molecular formula is C10H13ClN2OS. The van der Waals surface area contributed by atoms with Crippen molar-refractivity contribution in [1.29, 1.82) is 0 Å². The van der Waals surface area contributed by atoms with Gasteiger partial charge in [-0.2, -0.15) is 0 Å². The molecule has 1 aliphatic rings. The van der Waals surface area contributed by atoms with Crippen molar-refractivity contribution in [3.8, 4) is 0 Å². The van der Waals surface area contributed by atoms with Gasteiger partial charge in [-0.1, -0.05) is 36.8 Å². The normalized spacial score (nSPS) is 20.0. The SMILES string of the molecule is CN1CC(C)(C)Cc2nc(Cl)sc2C1=O. The van der Waals surface area contributed by atoms with Crippen LogP contribution in [0.4, 0.5) is 0 Å². The number of hydrogen-bond acceptors (Lipinski definition) is 3. The molecule has 0 N–H and O–H groups in total. The van der Waals surface area contributed by atoms with Crippen molar-refractivity contribution in [2.24, 2.45) is 5.41 Å². The van der Waals surface area contributed by atoms with Gasteiger partial charge in [-0.25, -0.2) is 4.98 Å². The zero-order valence-corrected chi connectivity index (χ0v) is 10.6. The number of aromatic nitrogens is 1. The first kappa shape index (κ1) is 10.9. The average Bonchev–Trinajstić information content (AvgIpc) is 2.39. The van der Waals surface area contributed by atoms with Gasteiger partial charge in [0.2, 0.25) is 0 Å². The van der Waals surface area contributed by atoms with Crippen molar-refractivity contribution < 1.29 is 4.79 Å². The van der Waals surface area contributed by atoms with Crippen LogP contribution in [-0.4, -0.2) is 29.4 Å². The van der Waals surface area contributed by atoms with E-state index in [2.05, 4.69) is 18.8 Å². The van der Waals surface area contributed by atoms with E-state index in [4.69, 9.17) is 11.6 Å². The molecule has 0 radical (unpaired) electrons. The highest BCUT2D eigenvalue weighted by Crippen LogP contribution is 2.33. The van der Waals surface area contributed by atoms with E-state index < -0.39 is 0 Å². The van der Waals surface area contributed by atoms with Crippen molar-refractivity contribution in [3.63, 3.8) is 0 Å². The molecule has 1 aromatic rings. The summed E-state index contributed by atoms with van der Waals surface area (Å²) in [7, 11) is 1.83. The Morgan fingerprint density at radius 1 is 1.53 bits per heavy atom. The molecule has 15 heavy (non-hydrogen) atoms. The van der Waals surface area contributed by atoms with Crippen molar-refractivity contribution in [3.05, 3.63) is 15.0 Å². The second-order valence-corrected chi connectivity index (χ2v) is 6.33. The number of rotatable bonds is 0. The standard InChI is InChI=1S/C10H13ClN2OS/c1-10(2)4-6-7(15-9(11)12-6)8(14)13(3)5-10/h4-5H2,1-3H3. The highest BCUT2D eigenvalue weighted by atomic mass is 35.5. The summed E-state index contributed by atoms with van der Waals surface area (Å²) in [5.74, 6) is 0.0416. The summed E-state index contributed by atoms with van der Waals surface area (Å²) in [6.45, 7) is 5.03. The van der Waals surface area contributed by atoms with Gasteiger partial charge in [-0.05, 0) is 11.8 Å². The predicted molar refractivity (Wildman–Crippen MR) is 61.6 cm³/mol. The highest BCUT2D eigenvalue weighted by Gasteiger charge is 2.33. The molecule has 0 fully saturated rings. The number of nitrogens with zero attached hydrogens (tertiary/aromatic N) is 2. The van der Waals surface area contributed by atoms with E-state index >= 15 is 0 Å². The molecule has 0 saturated heterocycles. The Labute approximate surface area is 98.1 Å². The van der Waals surface area contributed by atoms with Crippen LogP contribution in [0.5, 0.6) is 0 Å². The number of amides is 1. The molecule has 0 saturated carbocycles. The zero-order chi connectivity index (χ0) is 11.2. The van der Waals surface area contributed by atoms with Crippen LogP contribution in [0.15, 0.2) is 0 Å². The maximum Gasteiger partial charge on any atom is 0.265 e. The first-order valence-electron chi connectivity index (χ1n) is 4.80. The van der Waals surface area contributed by atoms with Crippen LogP contribution < -0.4 is 0 Å². The molecule has 5 heteroatoms. The van der Waals surface area contributed by atoms with Gasteiger partial charge in [0.15, 0.2) is 4.47 Å². The number of carbonyl (C=O) groups is 1. The Balaban J connectivity index is 2.49. The lowest BCUT2D eigenvalue weighted by Gasteiger charge is -2.26. The lowest BCUT2D eigenvalue weighted by molar-refractivity contribution is 0.0758. The summed E-state index contributed by atoms with van der Waals surface area (Å²) < 4.78 is 0.458. The Kier molecular flexibility index (Phi) is 2.51. The average molecular weight is 245 g/mol. The molecule has 82 valence electrons. The molecule has 0 aliphatic carbocycles. The largest absolute Gasteiger partial charge is 0.340 e. The summed E-state index contributed by atoms with van der Waals surface area (Å²) in [6.07, 6.45) is 0.807. The lowest BCUT2D eigenvalue weighted by atomic mass is 9.88. The third-order valence-corrected chi connectivity index (χ3v) is 3.71. The fourth-order valence-electron chi connectivity index (χ4n) is 2.01. The smallest absolute Gasteiger partial charge is 0.265 e. The van der Waals surface area contributed by atoms with Gasteiger partial charge in [0.05, 0.1) is 5.69 Å². The van der Waals surface area contributed by atoms with Crippen LogP contribution in [0, 0.1) is 5.41 Å². The maximum absolute atomic E-state index is 12.0. The summed E-state index contributed by atoms with van der Waals surface area (Å²) >= 11 is 7.13. The van der Waals surface area contributed by atoms with Gasteiger partial charge in [0.25, 0.3) is 5.91 Å². The number of hydrogen-bond donors (Lipinski definition) is 0. The third-order valence-electron chi connectivity index (χ3n) is 2.52. The van der Waals surface area contributed by atoms with Crippen LogP contribution in [0.3, 0.4) is 0 Å². The van der Waals surface area contributed by atoms with E-state index in [9.17, 15) is 4.79 Å². The van der Waals surface area contributed by atoms with Crippen molar-refractivity contribution in [2.75, 3.05) is 13.6 Å². The first-order chi connectivity index (χ1) is 6.89. The van der Waals surface area contributed by atoms with E-state index in [1.54, 1.807) is 4.90 Å². The van der Waals surface area contributed by atoms with E-state index in [0.717, 1.165) is 18.7 Å². The van der Waals surface area contributed by atoms with Crippen molar-refractivity contribution in [1.82, 2.24) is 9.88 Å². The lowest BCUT2D eigenvalue weighted by Crippen LogP contribution is -2.33. The van der Waals surface area contributed by atoms with E-state index in [1.807, 2.05) is 7.05 Å². The van der Waals surface area contributed by atoms with Crippen LogP contribution in [0.1, 0.15) is 29.2 Å². The Morgan fingerprint density at radius 2 is 2.20 bits per heavy atom. The van der Waals surface area contributed by atoms with Gasteiger partial charge in [-0.15, -0.1) is 0 Å². The topological polar surface area (TPSA) is 33.2 Å². The number of thiazole rings is 1. The number of fused-ring (bicyclic) bond motifs is 1. The van der Waals surface area contributed by atoms with Gasteiger partial charge in [0, 0.05) is 13.6 Å². The Hall–Kier alpha value is -0.610. The molecule has 1 aliphatic heterocycles. The molecule has 2 heterocycles. The molecule has 3 nitrogen and oxygen atoms in total. The first-order valence-corrected chi connectivity index (χ1v) is 5.99. The molecule has 1 amide bonds. The third kappa shape index (κ3) is 2.01. The zero-order valence-electron chi connectivity index (χ0n) is 9.00. The minimum absolute atomic E-state index is 0.0416. The second-order valence-electron chi connectivity index (χ2n) is 4.74. The van der Waals surface area contributed by atoms with Crippen LogP contribution in [-0.2, 0) is 6.42 Å². The van der Waals surface area contributed by atoms with Crippen molar-refractivity contribution in [2.45, 2.75) is 20.3 Å². The van der Waals surface area contributed by atoms with E-state index in [0.29, 0.717) is 9.34 Å². The van der Waals surface area contributed by atoms with E-state index in [-0.39, 0.29) is 11.3 Å². The quantitative estimate of drug-likeness (QED) is 0.703. The fourth-order valence-corrected chi connectivity index (χ4v) is 3.14. The van der Waals surface area contributed by atoms with Crippen LogP contribution in [0.25, 0.3) is 0 Å². The van der Waals surface area contributed by atoms with Crippen LogP contribution >= 0.6 is 22.9 Å². The molecule has 1 aromatic heterocycles. The Bertz CT molecular complexity index is 414. The molecule has 0 spiro atoms. The number of halogens is 1. The van der Waals surface area contributed by atoms with E-state index in [1.165, 1.54) is 11.3 Å². The molecular weight excluding hydrogens is 232 g/mol.